The topological polar surface area (TPSA) is 72.9 Å². The van der Waals surface area contributed by atoms with Gasteiger partial charge in [0.25, 0.3) is 5.91 Å². The van der Waals surface area contributed by atoms with E-state index in [1.165, 1.54) is 42.0 Å². The third-order valence-electron chi connectivity index (χ3n) is 4.24. The van der Waals surface area contributed by atoms with Crippen LogP contribution in [0.5, 0.6) is 11.5 Å². The number of carbonyl (C=O) groups is 1. The van der Waals surface area contributed by atoms with E-state index in [1.54, 1.807) is 24.3 Å². The molecule has 0 bridgehead atoms. The van der Waals surface area contributed by atoms with Gasteiger partial charge in [-0.3, -0.25) is 9.69 Å². The Hall–Kier alpha value is -2.07. The molecule has 0 N–H and O–H groups in total. The van der Waals surface area contributed by atoms with Gasteiger partial charge in [0.2, 0.25) is 5.75 Å². The molecule has 1 heterocycles. The Morgan fingerprint density at radius 2 is 1.90 bits per heavy atom. The van der Waals surface area contributed by atoms with Crippen LogP contribution in [0.4, 0.5) is 0 Å². The van der Waals surface area contributed by atoms with E-state index >= 15 is 0 Å². The van der Waals surface area contributed by atoms with Crippen molar-refractivity contribution in [2.75, 3.05) is 13.7 Å². The van der Waals surface area contributed by atoms with E-state index in [1.807, 2.05) is 13.8 Å². The van der Waals surface area contributed by atoms with Crippen molar-refractivity contribution in [3.8, 4) is 11.5 Å². The van der Waals surface area contributed by atoms with Crippen molar-refractivity contribution in [1.82, 2.24) is 4.90 Å². The number of benzene rings is 2. The molecule has 1 aliphatic heterocycles. The van der Waals surface area contributed by atoms with Gasteiger partial charge in [0.15, 0.2) is 5.75 Å². The Bertz CT molecular complexity index is 1140. The number of thiocarbonyl (C=S) groups is 1. The summed E-state index contributed by atoms with van der Waals surface area (Å²) < 4.78 is 36.3. The Kier molecular flexibility index (Phi) is 6.76. The minimum atomic E-state index is -4.11. The molecule has 158 valence electrons. The van der Waals surface area contributed by atoms with Crippen LogP contribution in [-0.4, -0.2) is 37.2 Å². The minimum Gasteiger partial charge on any atom is -0.493 e. The SMILES string of the molecule is CCN1C(=O)C(=Cc2cc(Cl)c(OS(=O)(=O)c3ccc(C)cc3)c(OC)c2)SC1=S. The average molecular weight is 484 g/mol. The lowest BCUT2D eigenvalue weighted by Gasteiger charge is -2.13. The van der Waals surface area contributed by atoms with Gasteiger partial charge in [0.05, 0.1) is 17.0 Å². The molecule has 6 nitrogen and oxygen atoms in total. The number of thioether (sulfide) groups is 1. The van der Waals surface area contributed by atoms with Crippen molar-refractivity contribution >= 4 is 62.0 Å². The maximum Gasteiger partial charge on any atom is 0.339 e. The van der Waals surface area contributed by atoms with Gasteiger partial charge in [-0.1, -0.05) is 53.3 Å². The van der Waals surface area contributed by atoms with Gasteiger partial charge in [-0.15, -0.1) is 0 Å². The molecule has 2 aromatic carbocycles. The molecule has 1 fully saturated rings. The number of hydrogen-bond acceptors (Lipinski definition) is 7. The molecule has 1 amide bonds. The van der Waals surface area contributed by atoms with Crippen LogP contribution in [0.1, 0.15) is 18.1 Å². The van der Waals surface area contributed by atoms with Crippen LogP contribution >= 0.6 is 35.6 Å². The zero-order valence-electron chi connectivity index (χ0n) is 16.3. The van der Waals surface area contributed by atoms with E-state index in [0.29, 0.717) is 21.3 Å². The molecule has 2 aromatic rings. The van der Waals surface area contributed by atoms with Crippen LogP contribution in [0.3, 0.4) is 0 Å². The Morgan fingerprint density at radius 1 is 1.23 bits per heavy atom. The largest absolute Gasteiger partial charge is 0.493 e. The molecule has 0 spiro atoms. The van der Waals surface area contributed by atoms with Gasteiger partial charge in [-0.25, -0.2) is 0 Å². The number of carbonyl (C=O) groups excluding carboxylic acids is 1. The van der Waals surface area contributed by atoms with E-state index in [0.717, 1.165) is 5.56 Å². The van der Waals surface area contributed by atoms with Crippen LogP contribution in [0.2, 0.25) is 5.02 Å². The summed E-state index contributed by atoms with van der Waals surface area (Å²) in [6.07, 6.45) is 1.63. The van der Waals surface area contributed by atoms with Gasteiger partial charge in [-0.05, 0) is 49.8 Å². The summed E-state index contributed by atoms with van der Waals surface area (Å²) in [7, 11) is -2.74. The summed E-state index contributed by atoms with van der Waals surface area (Å²) in [6.45, 7) is 4.17. The van der Waals surface area contributed by atoms with Gasteiger partial charge in [0.1, 0.15) is 9.22 Å². The van der Waals surface area contributed by atoms with E-state index in [9.17, 15) is 13.2 Å². The fourth-order valence-electron chi connectivity index (χ4n) is 2.69. The lowest BCUT2D eigenvalue weighted by Crippen LogP contribution is -2.27. The number of aryl methyl sites for hydroxylation is 1. The maximum absolute atomic E-state index is 12.6. The van der Waals surface area contributed by atoms with Crippen molar-refractivity contribution in [2.24, 2.45) is 0 Å². The Morgan fingerprint density at radius 3 is 2.47 bits per heavy atom. The highest BCUT2D eigenvalue weighted by Crippen LogP contribution is 2.40. The summed E-state index contributed by atoms with van der Waals surface area (Å²) in [5.74, 6) is -0.196. The molecule has 0 atom stereocenters. The number of rotatable bonds is 6. The highest BCUT2D eigenvalue weighted by atomic mass is 35.5. The number of ether oxygens (including phenoxy) is 1. The van der Waals surface area contributed by atoms with Crippen molar-refractivity contribution in [3.05, 3.63) is 57.5 Å². The molecular formula is C20H18ClNO5S3. The first-order valence-electron chi connectivity index (χ1n) is 8.80. The highest BCUT2D eigenvalue weighted by Gasteiger charge is 2.31. The van der Waals surface area contributed by atoms with Crippen molar-refractivity contribution in [2.45, 2.75) is 18.7 Å². The van der Waals surface area contributed by atoms with E-state index in [4.69, 9.17) is 32.7 Å². The van der Waals surface area contributed by atoms with Crippen molar-refractivity contribution in [3.63, 3.8) is 0 Å². The molecule has 0 radical (unpaired) electrons. The molecule has 30 heavy (non-hydrogen) atoms. The second-order valence-corrected chi connectivity index (χ2v) is 9.94. The number of amides is 1. The zero-order chi connectivity index (χ0) is 22.1. The number of methoxy groups -OCH3 is 1. The smallest absolute Gasteiger partial charge is 0.339 e. The molecule has 0 aromatic heterocycles. The monoisotopic (exact) mass is 483 g/mol. The van der Waals surface area contributed by atoms with Gasteiger partial charge >= 0.3 is 10.1 Å². The fraction of sp³-hybridized carbons (Fsp3) is 0.200. The first kappa shape index (κ1) is 22.6. The Labute approximate surface area is 189 Å². The molecule has 3 rings (SSSR count). The van der Waals surface area contributed by atoms with Crippen LogP contribution in [0.25, 0.3) is 6.08 Å². The predicted octanol–water partition coefficient (Wildman–Crippen LogP) is 4.65. The maximum atomic E-state index is 12.6. The lowest BCUT2D eigenvalue weighted by molar-refractivity contribution is -0.121. The standard InChI is InChI=1S/C20H18ClNO5S3/c1-4-22-19(23)17(29-20(22)28)11-13-9-15(21)18(16(10-13)26-3)27-30(24,25)14-7-5-12(2)6-8-14/h5-11H,4H2,1-3H3. The summed E-state index contributed by atoms with van der Waals surface area (Å²) >= 11 is 12.7. The second kappa shape index (κ2) is 8.97. The number of halogens is 1. The van der Waals surface area contributed by atoms with Gasteiger partial charge in [-0.2, -0.15) is 8.42 Å². The summed E-state index contributed by atoms with van der Waals surface area (Å²) in [5.41, 5.74) is 1.47. The summed E-state index contributed by atoms with van der Waals surface area (Å²) in [5, 5.41) is 0.0299. The summed E-state index contributed by atoms with van der Waals surface area (Å²) in [4.78, 5) is 14.3. The first-order valence-corrected chi connectivity index (χ1v) is 11.8. The van der Waals surface area contributed by atoms with Crippen LogP contribution in [0, 0.1) is 6.92 Å². The minimum absolute atomic E-state index is 0.00136. The van der Waals surface area contributed by atoms with Crippen molar-refractivity contribution in [1.29, 1.82) is 0 Å². The predicted molar refractivity (Wildman–Crippen MR) is 123 cm³/mol. The van der Waals surface area contributed by atoms with Crippen molar-refractivity contribution < 1.29 is 22.1 Å². The lowest BCUT2D eigenvalue weighted by atomic mass is 10.2. The van der Waals surface area contributed by atoms with Crippen LogP contribution < -0.4 is 8.92 Å². The third-order valence-corrected chi connectivity index (χ3v) is 7.14. The second-order valence-electron chi connectivity index (χ2n) is 6.31. The molecule has 1 aliphatic rings. The third kappa shape index (κ3) is 4.64. The number of hydrogen-bond donors (Lipinski definition) is 0. The van der Waals surface area contributed by atoms with Gasteiger partial charge in [0, 0.05) is 6.54 Å². The van der Waals surface area contributed by atoms with Gasteiger partial charge < -0.3 is 8.92 Å². The normalized spacial score (nSPS) is 15.7. The van der Waals surface area contributed by atoms with E-state index in [2.05, 4.69) is 0 Å². The van der Waals surface area contributed by atoms with E-state index in [-0.39, 0.29) is 27.3 Å². The van der Waals surface area contributed by atoms with Crippen LogP contribution in [0.15, 0.2) is 46.2 Å². The number of nitrogens with zero attached hydrogens (tertiary/aromatic N) is 1. The van der Waals surface area contributed by atoms with Crippen LogP contribution in [-0.2, 0) is 14.9 Å². The molecule has 0 unspecified atom stereocenters. The molecule has 10 heteroatoms. The summed E-state index contributed by atoms with van der Waals surface area (Å²) in [6, 6.07) is 9.30. The average Bonchev–Trinajstić information content (AvgIpc) is 2.96. The molecule has 1 saturated heterocycles. The zero-order valence-corrected chi connectivity index (χ0v) is 19.5. The highest BCUT2D eigenvalue weighted by molar-refractivity contribution is 8.26. The quantitative estimate of drug-likeness (QED) is 0.336. The first-order chi connectivity index (χ1) is 14.2. The van der Waals surface area contributed by atoms with E-state index < -0.39 is 10.1 Å². The Balaban J connectivity index is 1.95. The number of likely N-dealkylation sites (N-methyl/N-ethyl adjacent to an activating group) is 1. The molecule has 0 aliphatic carbocycles. The molecule has 0 saturated carbocycles. The molecular weight excluding hydrogens is 466 g/mol. The fourth-order valence-corrected chi connectivity index (χ4v) is 5.34.